The van der Waals surface area contributed by atoms with Gasteiger partial charge in [-0.1, -0.05) is 72.8 Å². The topological polar surface area (TPSA) is 125 Å². The lowest BCUT2D eigenvalue weighted by atomic mass is 9.97. The van der Waals surface area contributed by atoms with Crippen LogP contribution in [0.15, 0.2) is 72.8 Å². The number of carbonyl (C=O) groups is 5. The Labute approximate surface area is 252 Å². The predicted molar refractivity (Wildman–Crippen MR) is 165 cm³/mol. The quantitative estimate of drug-likeness (QED) is 0.251. The van der Waals surface area contributed by atoms with Crippen LogP contribution in [0.25, 0.3) is 10.8 Å². The maximum absolute atomic E-state index is 13.5. The fraction of sp³-hybridized carbons (Fsp3) is 0.382. The zero-order chi connectivity index (χ0) is 30.8. The predicted octanol–water partition coefficient (Wildman–Crippen LogP) is 2.95. The largest absolute Gasteiger partial charge is 0.356 e. The van der Waals surface area contributed by atoms with Crippen molar-refractivity contribution in [2.24, 2.45) is 5.92 Å². The SMILES string of the molecule is CC(C)N(C(=O)CNC(=O)C(Cc1cccc2ccccc12)NC(=O)Cc1ccccc1)C(C=O)CCC1CCNC1=O. The smallest absolute Gasteiger partial charge is 0.243 e. The summed E-state index contributed by atoms with van der Waals surface area (Å²) in [6.07, 6.45) is 2.65. The Kier molecular flexibility index (Phi) is 11.0. The second-order valence-electron chi connectivity index (χ2n) is 11.3. The maximum atomic E-state index is 13.5. The summed E-state index contributed by atoms with van der Waals surface area (Å²) >= 11 is 0. The second-order valence-corrected chi connectivity index (χ2v) is 11.3. The van der Waals surface area contributed by atoms with E-state index in [-0.39, 0.29) is 43.2 Å². The maximum Gasteiger partial charge on any atom is 0.243 e. The molecule has 3 unspecified atom stereocenters. The van der Waals surface area contributed by atoms with Crippen LogP contribution in [0.4, 0.5) is 0 Å². The Bertz CT molecular complexity index is 1440. The first kappa shape index (κ1) is 31.4. The van der Waals surface area contributed by atoms with E-state index >= 15 is 0 Å². The number of hydrogen-bond acceptors (Lipinski definition) is 5. The van der Waals surface area contributed by atoms with E-state index in [0.29, 0.717) is 25.8 Å². The van der Waals surface area contributed by atoms with Crippen LogP contribution in [-0.4, -0.2) is 66.0 Å². The minimum absolute atomic E-state index is 0.0223. The van der Waals surface area contributed by atoms with Crippen LogP contribution >= 0.6 is 0 Å². The van der Waals surface area contributed by atoms with Gasteiger partial charge in [-0.15, -0.1) is 0 Å². The molecule has 1 fully saturated rings. The molecular weight excluding hydrogens is 544 g/mol. The molecule has 3 atom stereocenters. The van der Waals surface area contributed by atoms with Crippen LogP contribution in [0.5, 0.6) is 0 Å². The van der Waals surface area contributed by atoms with Gasteiger partial charge in [0.15, 0.2) is 0 Å². The molecule has 3 aromatic rings. The molecule has 0 saturated carbocycles. The third-order valence-electron chi connectivity index (χ3n) is 7.91. The molecule has 0 bridgehead atoms. The number of carbonyl (C=O) groups excluding carboxylic acids is 5. The number of nitrogens with one attached hydrogen (secondary N) is 3. The summed E-state index contributed by atoms with van der Waals surface area (Å²) in [5.41, 5.74) is 1.72. The van der Waals surface area contributed by atoms with Crippen molar-refractivity contribution in [3.05, 3.63) is 83.9 Å². The van der Waals surface area contributed by atoms with E-state index in [1.165, 1.54) is 4.90 Å². The van der Waals surface area contributed by atoms with E-state index in [4.69, 9.17) is 0 Å². The fourth-order valence-corrected chi connectivity index (χ4v) is 5.72. The Morgan fingerprint density at radius 2 is 1.72 bits per heavy atom. The van der Waals surface area contributed by atoms with Crippen LogP contribution in [0.3, 0.4) is 0 Å². The van der Waals surface area contributed by atoms with Gasteiger partial charge in [-0.2, -0.15) is 0 Å². The Morgan fingerprint density at radius 3 is 2.42 bits per heavy atom. The highest BCUT2D eigenvalue weighted by molar-refractivity contribution is 5.93. The number of benzene rings is 3. The summed E-state index contributed by atoms with van der Waals surface area (Å²) in [5, 5.41) is 10.4. The van der Waals surface area contributed by atoms with Gasteiger partial charge < -0.3 is 25.6 Å². The van der Waals surface area contributed by atoms with Gasteiger partial charge in [-0.05, 0) is 55.0 Å². The molecule has 43 heavy (non-hydrogen) atoms. The van der Waals surface area contributed by atoms with Crippen molar-refractivity contribution >= 4 is 40.7 Å². The van der Waals surface area contributed by atoms with Crippen molar-refractivity contribution in [2.75, 3.05) is 13.1 Å². The zero-order valence-electron chi connectivity index (χ0n) is 24.8. The molecule has 226 valence electrons. The van der Waals surface area contributed by atoms with Gasteiger partial charge in [0.25, 0.3) is 0 Å². The van der Waals surface area contributed by atoms with E-state index in [0.717, 1.165) is 28.2 Å². The highest BCUT2D eigenvalue weighted by atomic mass is 16.2. The fourth-order valence-electron chi connectivity index (χ4n) is 5.72. The van der Waals surface area contributed by atoms with E-state index in [1.807, 2.05) is 86.6 Å². The summed E-state index contributed by atoms with van der Waals surface area (Å²) in [6.45, 7) is 3.92. The van der Waals surface area contributed by atoms with Gasteiger partial charge in [0.2, 0.25) is 23.6 Å². The summed E-state index contributed by atoms with van der Waals surface area (Å²) in [4.78, 5) is 65.4. The highest BCUT2D eigenvalue weighted by Crippen LogP contribution is 2.21. The van der Waals surface area contributed by atoms with E-state index in [2.05, 4.69) is 16.0 Å². The number of rotatable bonds is 14. The van der Waals surface area contributed by atoms with E-state index in [9.17, 15) is 24.0 Å². The minimum Gasteiger partial charge on any atom is -0.356 e. The number of nitrogens with zero attached hydrogens (tertiary/aromatic N) is 1. The van der Waals surface area contributed by atoms with Gasteiger partial charge in [0.1, 0.15) is 12.3 Å². The van der Waals surface area contributed by atoms with Crippen LogP contribution in [0, 0.1) is 5.92 Å². The lowest BCUT2D eigenvalue weighted by Gasteiger charge is -2.32. The van der Waals surface area contributed by atoms with Crippen LogP contribution in [-0.2, 0) is 36.8 Å². The number of aldehydes is 1. The third kappa shape index (κ3) is 8.50. The Morgan fingerprint density at radius 1 is 1.00 bits per heavy atom. The second kappa shape index (κ2) is 15.1. The average Bonchev–Trinajstić information content (AvgIpc) is 3.42. The van der Waals surface area contributed by atoms with Crippen molar-refractivity contribution in [1.29, 1.82) is 0 Å². The molecule has 1 aliphatic rings. The van der Waals surface area contributed by atoms with Crippen molar-refractivity contribution < 1.29 is 24.0 Å². The molecule has 4 rings (SSSR count). The van der Waals surface area contributed by atoms with E-state index < -0.39 is 23.9 Å². The monoisotopic (exact) mass is 584 g/mol. The normalized spacial score (nSPS) is 15.9. The lowest BCUT2D eigenvalue weighted by molar-refractivity contribution is -0.139. The molecule has 0 radical (unpaired) electrons. The molecule has 9 heteroatoms. The van der Waals surface area contributed by atoms with Gasteiger partial charge in [-0.3, -0.25) is 19.2 Å². The van der Waals surface area contributed by atoms with E-state index in [1.54, 1.807) is 0 Å². The van der Waals surface area contributed by atoms with Crippen molar-refractivity contribution in [3.8, 4) is 0 Å². The van der Waals surface area contributed by atoms with Crippen molar-refractivity contribution in [2.45, 2.75) is 64.1 Å². The summed E-state index contributed by atoms with van der Waals surface area (Å²) in [7, 11) is 0. The van der Waals surface area contributed by atoms with Crippen LogP contribution in [0.2, 0.25) is 0 Å². The van der Waals surface area contributed by atoms with Gasteiger partial charge in [0.05, 0.1) is 19.0 Å². The Balaban J connectivity index is 1.46. The first-order chi connectivity index (χ1) is 20.8. The molecule has 0 aliphatic carbocycles. The number of hydrogen-bond donors (Lipinski definition) is 3. The minimum atomic E-state index is -0.926. The average molecular weight is 585 g/mol. The lowest BCUT2D eigenvalue weighted by Crippen LogP contribution is -2.53. The summed E-state index contributed by atoms with van der Waals surface area (Å²) < 4.78 is 0. The molecule has 0 aromatic heterocycles. The van der Waals surface area contributed by atoms with Crippen molar-refractivity contribution in [3.63, 3.8) is 0 Å². The molecular formula is C34H40N4O5. The molecule has 3 aromatic carbocycles. The molecule has 0 spiro atoms. The van der Waals surface area contributed by atoms with Gasteiger partial charge in [-0.25, -0.2) is 0 Å². The molecule has 1 heterocycles. The zero-order valence-corrected chi connectivity index (χ0v) is 24.8. The molecule has 9 nitrogen and oxygen atoms in total. The molecule has 1 aliphatic heterocycles. The van der Waals surface area contributed by atoms with Gasteiger partial charge >= 0.3 is 0 Å². The Hall–Kier alpha value is -4.53. The summed E-state index contributed by atoms with van der Waals surface area (Å²) in [5.74, 6) is -1.39. The first-order valence-electron chi connectivity index (χ1n) is 14.9. The molecule has 1 saturated heterocycles. The first-order valence-corrected chi connectivity index (χ1v) is 14.9. The number of fused-ring (bicyclic) bond motifs is 1. The van der Waals surface area contributed by atoms with Crippen LogP contribution in [0.1, 0.15) is 44.2 Å². The molecule has 4 amide bonds. The number of amides is 4. The third-order valence-corrected chi connectivity index (χ3v) is 7.91. The van der Waals surface area contributed by atoms with Crippen LogP contribution < -0.4 is 16.0 Å². The standard InChI is InChI=1S/C34H40N4O5/c1-23(2)38(28(22-39)16-15-26-17-18-35-33(26)42)32(41)21-36-34(43)30(37-31(40)19-24-9-4-3-5-10-24)20-27-13-8-12-25-11-6-7-14-29(25)27/h3-14,22-23,26,28,30H,15-21H2,1-2H3,(H,35,42)(H,36,43)(H,37,40). The summed E-state index contributed by atoms with van der Waals surface area (Å²) in [6, 6.07) is 21.0. The molecule has 3 N–H and O–H groups in total. The van der Waals surface area contributed by atoms with Gasteiger partial charge in [0, 0.05) is 24.9 Å². The van der Waals surface area contributed by atoms with Crippen molar-refractivity contribution in [1.82, 2.24) is 20.9 Å². The highest BCUT2D eigenvalue weighted by Gasteiger charge is 2.30.